The SMILES string of the molecule is COc1ccc([C@@H](NC(=O)CSc2nnnn2C2CCCCC2)c2ccccc2)cc1. The maximum Gasteiger partial charge on any atom is 0.231 e. The molecule has 0 saturated heterocycles. The summed E-state index contributed by atoms with van der Waals surface area (Å²) >= 11 is 1.39. The summed E-state index contributed by atoms with van der Waals surface area (Å²) in [6, 6.07) is 17.8. The average molecular weight is 438 g/mol. The fraction of sp³-hybridized carbons (Fsp3) is 0.391. The molecule has 8 heteroatoms. The van der Waals surface area contributed by atoms with E-state index in [1.807, 2.05) is 59.3 Å². The van der Waals surface area contributed by atoms with E-state index in [0.717, 1.165) is 29.7 Å². The van der Waals surface area contributed by atoms with Crippen LogP contribution >= 0.6 is 11.8 Å². The van der Waals surface area contributed by atoms with Crippen LogP contribution in [0.1, 0.15) is 55.3 Å². The zero-order chi connectivity index (χ0) is 21.5. The van der Waals surface area contributed by atoms with Gasteiger partial charge in [0.25, 0.3) is 0 Å². The first-order chi connectivity index (χ1) is 15.2. The lowest BCUT2D eigenvalue weighted by Gasteiger charge is -2.22. The molecule has 1 amide bonds. The number of ether oxygens (including phenoxy) is 1. The maximum absolute atomic E-state index is 12.9. The topological polar surface area (TPSA) is 81.9 Å². The Balaban J connectivity index is 1.44. The Kier molecular flexibility index (Phi) is 7.19. The van der Waals surface area contributed by atoms with E-state index in [9.17, 15) is 4.79 Å². The Hall–Kier alpha value is -2.87. The predicted octanol–water partition coefficient (Wildman–Crippen LogP) is 4.18. The largest absolute Gasteiger partial charge is 0.497 e. The van der Waals surface area contributed by atoms with Crippen molar-refractivity contribution in [1.82, 2.24) is 25.5 Å². The van der Waals surface area contributed by atoms with Crippen LogP contribution in [0.4, 0.5) is 0 Å². The molecule has 1 atom stereocenters. The highest BCUT2D eigenvalue weighted by molar-refractivity contribution is 7.99. The molecule has 1 fully saturated rings. The first kappa shape index (κ1) is 21.4. The van der Waals surface area contributed by atoms with Crippen molar-refractivity contribution in [1.29, 1.82) is 0 Å². The first-order valence-electron chi connectivity index (χ1n) is 10.6. The quantitative estimate of drug-likeness (QED) is 0.532. The van der Waals surface area contributed by atoms with E-state index in [1.165, 1.54) is 31.0 Å². The van der Waals surface area contributed by atoms with Crippen LogP contribution in [0.15, 0.2) is 59.8 Å². The third kappa shape index (κ3) is 5.44. The van der Waals surface area contributed by atoms with Gasteiger partial charge in [-0.3, -0.25) is 4.79 Å². The van der Waals surface area contributed by atoms with Gasteiger partial charge in [-0.1, -0.05) is 73.5 Å². The van der Waals surface area contributed by atoms with Gasteiger partial charge in [0.2, 0.25) is 11.1 Å². The molecule has 0 bridgehead atoms. The third-order valence-electron chi connectivity index (χ3n) is 5.60. The molecule has 4 rings (SSSR count). The minimum atomic E-state index is -0.241. The Morgan fingerprint density at radius 3 is 2.52 bits per heavy atom. The summed E-state index contributed by atoms with van der Waals surface area (Å²) in [5.74, 6) is 0.979. The van der Waals surface area contributed by atoms with Crippen LogP contribution in [0.25, 0.3) is 0 Å². The lowest BCUT2D eigenvalue weighted by atomic mass is 9.96. The van der Waals surface area contributed by atoms with Crippen LogP contribution in [0, 0.1) is 0 Å². The molecule has 1 aromatic heterocycles. The van der Waals surface area contributed by atoms with Crippen LogP contribution in [-0.2, 0) is 4.79 Å². The van der Waals surface area contributed by atoms with Crippen molar-refractivity contribution in [2.75, 3.05) is 12.9 Å². The summed E-state index contributed by atoms with van der Waals surface area (Å²) in [7, 11) is 1.64. The van der Waals surface area contributed by atoms with Crippen molar-refractivity contribution in [3.05, 3.63) is 65.7 Å². The average Bonchev–Trinajstić information content (AvgIpc) is 3.31. The van der Waals surface area contributed by atoms with E-state index in [4.69, 9.17) is 4.74 Å². The number of thioether (sulfide) groups is 1. The number of aromatic nitrogens is 4. The summed E-state index contributed by atoms with van der Waals surface area (Å²) in [5.41, 5.74) is 2.02. The van der Waals surface area contributed by atoms with E-state index in [-0.39, 0.29) is 17.7 Å². The minimum Gasteiger partial charge on any atom is -0.497 e. The van der Waals surface area contributed by atoms with Gasteiger partial charge < -0.3 is 10.1 Å². The first-order valence-corrected chi connectivity index (χ1v) is 11.6. The number of nitrogens with one attached hydrogen (secondary N) is 1. The van der Waals surface area contributed by atoms with Gasteiger partial charge >= 0.3 is 0 Å². The molecule has 162 valence electrons. The molecule has 0 radical (unpaired) electrons. The third-order valence-corrected chi connectivity index (χ3v) is 6.54. The van der Waals surface area contributed by atoms with Crippen LogP contribution in [-0.4, -0.2) is 39.0 Å². The Labute approximate surface area is 186 Å². The summed E-state index contributed by atoms with van der Waals surface area (Å²) < 4.78 is 7.16. The molecule has 1 aliphatic carbocycles. The predicted molar refractivity (Wildman–Crippen MR) is 120 cm³/mol. The molecule has 31 heavy (non-hydrogen) atoms. The number of amides is 1. The van der Waals surface area contributed by atoms with E-state index >= 15 is 0 Å². The number of hydrogen-bond donors (Lipinski definition) is 1. The second kappa shape index (κ2) is 10.4. The van der Waals surface area contributed by atoms with Gasteiger partial charge in [0.05, 0.1) is 24.9 Å². The zero-order valence-electron chi connectivity index (χ0n) is 17.6. The summed E-state index contributed by atoms with van der Waals surface area (Å²) in [6.45, 7) is 0. The molecule has 0 aliphatic heterocycles. The van der Waals surface area contributed by atoms with Crippen LogP contribution in [0.5, 0.6) is 5.75 Å². The lowest BCUT2D eigenvalue weighted by Crippen LogP contribution is -2.30. The highest BCUT2D eigenvalue weighted by Crippen LogP contribution is 2.30. The monoisotopic (exact) mass is 437 g/mol. The van der Waals surface area contributed by atoms with Crippen molar-refractivity contribution < 1.29 is 9.53 Å². The number of carbonyl (C=O) groups excluding carboxylic acids is 1. The van der Waals surface area contributed by atoms with E-state index in [1.54, 1.807) is 7.11 Å². The fourth-order valence-corrected chi connectivity index (χ4v) is 4.72. The molecule has 3 aromatic rings. The van der Waals surface area contributed by atoms with Crippen molar-refractivity contribution >= 4 is 17.7 Å². The molecule has 2 aromatic carbocycles. The molecule has 1 aliphatic rings. The van der Waals surface area contributed by atoms with E-state index in [0.29, 0.717) is 11.2 Å². The molecule has 0 spiro atoms. The smallest absolute Gasteiger partial charge is 0.231 e. The number of hydrogen-bond acceptors (Lipinski definition) is 6. The fourth-order valence-electron chi connectivity index (χ4n) is 3.97. The Morgan fingerprint density at radius 1 is 1.10 bits per heavy atom. The molecule has 1 heterocycles. The van der Waals surface area contributed by atoms with Crippen molar-refractivity contribution in [3.8, 4) is 5.75 Å². The highest BCUT2D eigenvalue weighted by Gasteiger charge is 2.22. The van der Waals surface area contributed by atoms with Crippen molar-refractivity contribution in [2.45, 2.75) is 49.3 Å². The summed E-state index contributed by atoms with van der Waals surface area (Å²) in [6.07, 6.45) is 5.87. The molecule has 1 saturated carbocycles. The van der Waals surface area contributed by atoms with Gasteiger partial charge in [0.15, 0.2) is 0 Å². The highest BCUT2D eigenvalue weighted by atomic mass is 32.2. The van der Waals surface area contributed by atoms with Gasteiger partial charge in [-0.15, -0.1) is 5.10 Å². The number of nitrogens with zero attached hydrogens (tertiary/aromatic N) is 4. The molecular formula is C23H27N5O2S. The van der Waals surface area contributed by atoms with Gasteiger partial charge in [0, 0.05) is 0 Å². The van der Waals surface area contributed by atoms with Gasteiger partial charge in [-0.25, -0.2) is 4.68 Å². The second-order valence-electron chi connectivity index (χ2n) is 7.67. The molecule has 1 N–H and O–H groups in total. The van der Waals surface area contributed by atoms with Gasteiger partial charge in [-0.2, -0.15) is 0 Å². The summed E-state index contributed by atoms with van der Waals surface area (Å²) in [5, 5.41) is 16.1. The normalized spacial score (nSPS) is 15.4. The summed E-state index contributed by atoms with van der Waals surface area (Å²) in [4.78, 5) is 12.9. The molecular weight excluding hydrogens is 410 g/mol. The Bertz CT molecular complexity index is 971. The van der Waals surface area contributed by atoms with E-state index in [2.05, 4.69) is 20.8 Å². The van der Waals surface area contributed by atoms with E-state index < -0.39 is 0 Å². The van der Waals surface area contributed by atoms with Crippen LogP contribution < -0.4 is 10.1 Å². The number of carbonyl (C=O) groups is 1. The maximum atomic E-state index is 12.9. The second-order valence-corrected chi connectivity index (χ2v) is 8.61. The number of tetrazole rings is 1. The van der Waals surface area contributed by atoms with Crippen LogP contribution in [0.2, 0.25) is 0 Å². The minimum absolute atomic E-state index is 0.0622. The standard InChI is InChI=1S/C23H27N5O2S/c1-30-20-14-12-18(13-15-20)22(17-8-4-2-5-9-17)24-21(29)16-31-23-25-26-27-28(23)19-10-6-3-7-11-19/h2,4-5,8-9,12-15,19,22H,3,6-7,10-11,16H2,1H3,(H,24,29)/t22-/m0/s1. The molecule has 7 nitrogen and oxygen atoms in total. The van der Waals surface area contributed by atoms with Crippen LogP contribution in [0.3, 0.4) is 0 Å². The number of benzene rings is 2. The lowest BCUT2D eigenvalue weighted by molar-refractivity contribution is -0.119. The van der Waals surface area contributed by atoms with Crippen molar-refractivity contribution in [2.24, 2.45) is 0 Å². The van der Waals surface area contributed by atoms with Gasteiger partial charge in [-0.05, 0) is 46.5 Å². The Morgan fingerprint density at radius 2 is 1.81 bits per heavy atom. The zero-order valence-corrected chi connectivity index (χ0v) is 18.4. The number of methoxy groups -OCH3 is 1. The van der Waals surface area contributed by atoms with Gasteiger partial charge in [0.1, 0.15) is 5.75 Å². The number of rotatable bonds is 8. The molecule has 0 unspecified atom stereocenters. The van der Waals surface area contributed by atoms with Crippen molar-refractivity contribution in [3.63, 3.8) is 0 Å².